The lowest BCUT2D eigenvalue weighted by atomic mass is 10.2. The molecule has 0 saturated carbocycles. The normalized spacial score (nSPS) is 10.4. The smallest absolute Gasteiger partial charge is 0.274 e. The van der Waals surface area contributed by atoms with Gasteiger partial charge in [-0.3, -0.25) is 10.1 Å². The summed E-state index contributed by atoms with van der Waals surface area (Å²) in [6, 6.07) is 10.2. The molecule has 0 atom stereocenters. The van der Waals surface area contributed by atoms with Crippen LogP contribution in [0, 0.1) is 10.1 Å². The highest BCUT2D eigenvalue weighted by Crippen LogP contribution is 2.32. The summed E-state index contributed by atoms with van der Waals surface area (Å²) < 4.78 is 7.33. The van der Waals surface area contributed by atoms with Crippen LogP contribution in [-0.2, 0) is 6.54 Å². The summed E-state index contributed by atoms with van der Waals surface area (Å²) in [7, 11) is 1.84. The van der Waals surface area contributed by atoms with Crippen molar-refractivity contribution in [3.05, 3.63) is 61.0 Å². The second kappa shape index (κ2) is 7.02. The summed E-state index contributed by atoms with van der Waals surface area (Å²) >= 11 is 6.67. The van der Waals surface area contributed by atoms with Crippen molar-refractivity contribution in [1.82, 2.24) is 5.32 Å². The number of ether oxygens (including phenoxy) is 1. The number of benzene rings is 2. The van der Waals surface area contributed by atoms with Crippen LogP contribution in [0.25, 0.3) is 0 Å². The van der Waals surface area contributed by atoms with E-state index >= 15 is 0 Å². The first-order valence-corrected chi connectivity index (χ1v) is 7.64. The molecule has 0 unspecified atom stereocenters. The summed E-state index contributed by atoms with van der Waals surface area (Å²) in [5, 5.41) is 13.9. The topological polar surface area (TPSA) is 64.4 Å². The maximum Gasteiger partial charge on any atom is 0.274 e. The van der Waals surface area contributed by atoms with Gasteiger partial charge in [0.1, 0.15) is 11.5 Å². The Kier molecular flexibility index (Phi) is 5.33. The molecular weight excluding hydrogens is 404 g/mol. The lowest BCUT2D eigenvalue weighted by Crippen LogP contribution is -2.06. The first kappa shape index (κ1) is 15.9. The minimum atomic E-state index is -0.451. The van der Waals surface area contributed by atoms with Crippen LogP contribution in [0.1, 0.15) is 5.56 Å². The van der Waals surface area contributed by atoms with Crippen LogP contribution in [-0.4, -0.2) is 12.0 Å². The molecule has 2 aromatic carbocycles. The Bertz CT molecular complexity index is 677. The fourth-order valence-electron chi connectivity index (χ4n) is 1.82. The van der Waals surface area contributed by atoms with E-state index in [1.807, 2.05) is 25.2 Å². The summed E-state index contributed by atoms with van der Waals surface area (Å²) in [4.78, 5) is 10.4. The largest absolute Gasteiger partial charge is 0.457 e. The molecule has 0 heterocycles. The molecule has 0 aliphatic rings. The monoisotopic (exact) mass is 414 g/mol. The second-order valence-electron chi connectivity index (χ2n) is 4.29. The van der Waals surface area contributed by atoms with Crippen molar-refractivity contribution in [1.29, 1.82) is 0 Å². The zero-order chi connectivity index (χ0) is 15.4. The molecule has 0 aliphatic heterocycles. The van der Waals surface area contributed by atoms with Gasteiger partial charge < -0.3 is 10.1 Å². The van der Waals surface area contributed by atoms with Crippen LogP contribution < -0.4 is 10.1 Å². The van der Waals surface area contributed by atoms with Gasteiger partial charge in [-0.15, -0.1) is 0 Å². The molecule has 5 nitrogen and oxygen atoms in total. The third-order valence-electron chi connectivity index (χ3n) is 2.68. The van der Waals surface area contributed by atoms with Crippen molar-refractivity contribution in [2.24, 2.45) is 0 Å². The molecule has 0 bridgehead atoms. The van der Waals surface area contributed by atoms with Gasteiger partial charge in [-0.2, -0.15) is 0 Å². The van der Waals surface area contributed by atoms with E-state index in [4.69, 9.17) is 4.74 Å². The van der Waals surface area contributed by atoms with E-state index < -0.39 is 4.92 Å². The summed E-state index contributed by atoms with van der Waals surface area (Å²) in [6.45, 7) is 0.630. The van der Waals surface area contributed by atoms with Crippen molar-refractivity contribution in [3.63, 3.8) is 0 Å². The average Bonchev–Trinajstić information content (AvgIpc) is 2.41. The van der Waals surface area contributed by atoms with Gasteiger partial charge in [0.05, 0.1) is 11.0 Å². The number of nitro benzene ring substituents is 1. The zero-order valence-corrected chi connectivity index (χ0v) is 14.3. The number of nitrogens with zero attached hydrogens (tertiary/aromatic N) is 1. The van der Waals surface area contributed by atoms with E-state index in [0.29, 0.717) is 22.5 Å². The standard InChI is InChI=1S/C14H12Br2N2O3/c1-17-8-9-4-10(15)2-3-14(9)21-13-6-11(16)5-12(7-13)18(19)20/h2-7,17H,8H2,1H3. The van der Waals surface area contributed by atoms with Crippen LogP contribution in [0.3, 0.4) is 0 Å². The SMILES string of the molecule is CNCc1cc(Br)ccc1Oc1cc(Br)cc([N+](=O)[O-])c1. The second-order valence-corrected chi connectivity index (χ2v) is 6.12. The molecule has 0 amide bonds. The highest BCUT2D eigenvalue weighted by molar-refractivity contribution is 9.10. The van der Waals surface area contributed by atoms with Crippen LogP contribution in [0.2, 0.25) is 0 Å². The quantitative estimate of drug-likeness (QED) is 0.571. The van der Waals surface area contributed by atoms with E-state index in [2.05, 4.69) is 37.2 Å². The van der Waals surface area contributed by atoms with Crippen molar-refractivity contribution in [2.75, 3.05) is 7.05 Å². The minimum Gasteiger partial charge on any atom is -0.457 e. The summed E-state index contributed by atoms with van der Waals surface area (Å²) in [5.41, 5.74) is 0.932. The van der Waals surface area contributed by atoms with Crippen LogP contribution >= 0.6 is 31.9 Å². The van der Waals surface area contributed by atoms with E-state index in [9.17, 15) is 10.1 Å². The molecule has 1 N–H and O–H groups in total. The fourth-order valence-corrected chi connectivity index (χ4v) is 2.68. The van der Waals surface area contributed by atoms with E-state index in [1.165, 1.54) is 12.1 Å². The first-order chi connectivity index (χ1) is 9.99. The molecule has 0 fully saturated rings. The number of rotatable bonds is 5. The van der Waals surface area contributed by atoms with Crippen molar-refractivity contribution < 1.29 is 9.66 Å². The van der Waals surface area contributed by atoms with Gasteiger partial charge in [0.25, 0.3) is 5.69 Å². The van der Waals surface area contributed by atoms with Crippen LogP contribution in [0.5, 0.6) is 11.5 Å². The molecule has 7 heteroatoms. The lowest BCUT2D eigenvalue weighted by molar-refractivity contribution is -0.385. The third kappa shape index (κ3) is 4.26. The van der Waals surface area contributed by atoms with Gasteiger partial charge in [0, 0.05) is 27.1 Å². The molecule has 110 valence electrons. The fraction of sp³-hybridized carbons (Fsp3) is 0.143. The predicted molar refractivity (Wildman–Crippen MR) is 87.8 cm³/mol. The number of hydrogen-bond donors (Lipinski definition) is 1. The molecule has 2 rings (SSSR count). The molecule has 21 heavy (non-hydrogen) atoms. The van der Waals surface area contributed by atoms with E-state index in [0.717, 1.165) is 10.0 Å². The van der Waals surface area contributed by atoms with E-state index in [-0.39, 0.29) is 5.69 Å². The van der Waals surface area contributed by atoms with Crippen molar-refractivity contribution in [2.45, 2.75) is 6.54 Å². The Balaban J connectivity index is 2.35. The van der Waals surface area contributed by atoms with Gasteiger partial charge in [-0.05, 0) is 31.3 Å². The molecule has 0 aromatic heterocycles. The molecule has 2 aromatic rings. The Morgan fingerprint density at radius 3 is 2.62 bits per heavy atom. The van der Waals surface area contributed by atoms with Crippen LogP contribution in [0.4, 0.5) is 5.69 Å². The van der Waals surface area contributed by atoms with Gasteiger partial charge >= 0.3 is 0 Å². The van der Waals surface area contributed by atoms with Gasteiger partial charge in [-0.25, -0.2) is 0 Å². The number of non-ortho nitro benzene ring substituents is 1. The Hall–Kier alpha value is -1.44. The zero-order valence-electron chi connectivity index (χ0n) is 11.1. The molecular formula is C14H12Br2N2O3. The first-order valence-electron chi connectivity index (χ1n) is 6.05. The van der Waals surface area contributed by atoms with E-state index in [1.54, 1.807) is 6.07 Å². The highest BCUT2D eigenvalue weighted by atomic mass is 79.9. The van der Waals surface area contributed by atoms with Gasteiger partial charge in [0.15, 0.2) is 0 Å². The number of nitro groups is 1. The summed E-state index contributed by atoms with van der Waals surface area (Å²) in [5.74, 6) is 1.07. The molecule has 0 radical (unpaired) electrons. The maximum absolute atomic E-state index is 10.9. The Morgan fingerprint density at radius 1 is 1.19 bits per heavy atom. The third-order valence-corrected chi connectivity index (χ3v) is 3.64. The Morgan fingerprint density at radius 2 is 1.95 bits per heavy atom. The highest BCUT2D eigenvalue weighted by Gasteiger charge is 2.12. The van der Waals surface area contributed by atoms with Crippen molar-refractivity contribution >= 4 is 37.5 Å². The summed E-state index contributed by atoms with van der Waals surface area (Å²) in [6.07, 6.45) is 0. The number of hydrogen-bond acceptors (Lipinski definition) is 4. The minimum absolute atomic E-state index is 0.0216. The molecule has 0 saturated heterocycles. The van der Waals surface area contributed by atoms with Crippen molar-refractivity contribution in [3.8, 4) is 11.5 Å². The lowest BCUT2D eigenvalue weighted by Gasteiger charge is -2.12. The Labute approximate surface area is 138 Å². The molecule has 0 aliphatic carbocycles. The number of nitrogens with one attached hydrogen (secondary N) is 1. The van der Waals surface area contributed by atoms with Gasteiger partial charge in [-0.1, -0.05) is 31.9 Å². The van der Waals surface area contributed by atoms with Gasteiger partial charge in [0.2, 0.25) is 0 Å². The van der Waals surface area contributed by atoms with Crippen LogP contribution in [0.15, 0.2) is 45.3 Å². The molecule has 0 spiro atoms. The maximum atomic E-state index is 10.9. The predicted octanol–water partition coefficient (Wildman–Crippen LogP) is 4.63. The number of halogens is 2. The average molecular weight is 416 g/mol.